The summed E-state index contributed by atoms with van der Waals surface area (Å²) in [7, 11) is -1.95. The molecule has 1 N–H and O–H groups in total. The Balaban J connectivity index is 1.56. The van der Waals surface area contributed by atoms with Crippen LogP contribution in [0.4, 0.5) is 0 Å². The van der Waals surface area contributed by atoms with E-state index >= 15 is 0 Å². The largest absolute Gasteiger partial charge is 0.178 e. The molecule has 152 valence electrons. The molecule has 0 heterocycles. The van der Waals surface area contributed by atoms with Crippen LogP contribution in [0.2, 0.25) is 0 Å². The van der Waals surface area contributed by atoms with E-state index in [0.29, 0.717) is 5.54 Å². The maximum Gasteiger partial charge on any atom is 0.178 e. The van der Waals surface area contributed by atoms with Crippen molar-refractivity contribution in [2.24, 2.45) is 17.8 Å². The first kappa shape index (κ1) is 18.8. The average Bonchev–Trinajstić information content (AvgIpc) is 2.78. The summed E-state index contributed by atoms with van der Waals surface area (Å²) in [5.41, 5.74) is 0.296. The highest BCUT2D eigenvalue weighted by molar-refractivity contribution is 7.94. The minimum atomic E-state index is -1.95. The smallest absolute Gasteiger partial charge is 0.172 e. The van der Waals surface area contributed by atoms with Gasteiger partial charge >= 0.3 is 0 Å². The summed E-state index contributed by atoms with van der Waals surface area (Å²) in [4.78, 5) is 0. The Labute approximate surface area is 181 Å². The lowest BCUT2D eigenvalue weighted by Gasteiger charge is -2.57. The predicted octanol–water partition coefficient (Wildman–Crippen LogP) is 5.45. The standard InChI is InChI=1S/C28H31NP/c1-4-10-25(11-5-1)30(26-12-6-2-7-13-26,27-14-8-3-9-15-27)29-28-19-22-16-23(20-28)18-24(17-22)21-28/h1-15,22-24,29H,16-21H2/q+1. The van der Waals surface area contributed by atoms with Crippen molar-refractivity contribution in [1.82, 2.24) is 5.09 Å². The number of hydrogen-bond acceptors (Lipinski definition) is 1. The lowest BCUT2D eigenvalue weighted by molar-refractivity contribution is -0.00768. The van der Waals surface area contributed by atoms with Crippen LogP contribution in [0.15, 0.2) is 91.0 Å². The first-order valence-corrected chi connectivity index (χ1v) is 13.4. The van der Waals surface area contributed by atoms with Gasteiger partial charge in [-0.15, -0.1) is 0 Å². The van der Waals surface area contributed by atoms with E-state index in [1.807, 2.05) is 0 Å². The Bertz CT molecular complexity index is 867. The van der Waals surface area contributed by atoms with Gasteiger partial charge in [-0.2, -0.15) is 5.09 Å². The molecule has 0 saturated heterocycles. The van der Waals surface area contributed by atoms with Crippen molar-refractivity contribution in [3.8, 4) is 0 Å². The van der Waals surface area contributed by atoms with E-state index in [2.05, 4.69) is 96.1 Å². The topological polar surface area (TPSA) is 12.0 Å². The first-order valence-electron chi connectivity index (χ1n) is 11.6. The van der Waals surface area contributed by atoms with E-state index in [9.17, 15) is 0 Å². The van der Waals surface area contributed by atoms with Gasteiger partial charge in [-0.05, 0) is 92.7 Å². The summed E-state index contributed by atoms with van der Waals surface area (Å²) in [6.45, 7) is 0. The van der Waals surface area contributed by atoms with Gasteiger partial charge in [0.25, 0.3) is 0 Å². The molecule has 0 aromatic heterocycles. The van der Waals surface area contributed by atoms with Crippen LogP contribution in [-0.4, -0.2) is 5.54 Å². The van der Waals surface area contributed by atoms with Gasteiger partial charge in [-0.1, -0.05) is 54.6 Å². The van der Waals surface area contributed by atoms with E-state index in [1.165, 1.54) is 54.4 Å². The summed E-state index contributed by atoms with van der Waals surface area (Å²) in [6.07, 6.45) is 8.55. The Kier molecular flexibility index (Phi) is 4.59. The third-order valence-electron chi connectivity index (χ3n) is 7.87. The van der Waals surface area contributed by atoms with Crippen molar-refractivity contribution < 1.29 is 0 Å². The molecule has 0 atom stereocenters. The van der Waals surface area contributed by atoms with E-state index in [4.69, 9.17) is 0 Å². The second-order valence-electron chi connectivity index (χ2n) is 9.99. The Hall–Kier alpha value is -1.95. The van der Waals surface area contributed by atoms with E-state index in [0.717, 1.165) is 17.8 Å². The highest BCUT2D eigenvalue weighted by Gasteiger charge is 2.58. The van der Waals surface area contributed by atoms with Crippen LogP contribution in [0.5, 0.6) is 0 Å². The van der Waals surface area contributed by atoms with Gasteiger partial charge < -0.3 is 0 Å². The zero-order valence-electron chi connectivity index (χ0n) is 17.6. The maximum absolute atomic E-state index is 4.54. The fraction of sp³-hybridized carbons (Fsp3) is 0.357. The van der Waals surface area contributed by atoms with Crippen LogP contribution in [-0.2, 0) is 0 Å². The molecule has 0 unspecified atom stereocenters. The molecule has 3 aromatic rings. The predicted molar refractivity (Wildman–Crippen MR) is 129 cm³/mol. The molecule has 4 saturated carbocycles. The maximum atomic E-state index is 4.54. The van der Waals surface area contributed by atoms with Gasteiger partial charge in [0.1, 0.15) is 15.9 Å². The van der Waals surface area contributed by atoms with E-state index in [1.54, 1.807) is 0 Å². The average molecular weight is 413 g/mol. The van der Waals surface area contributed by atoms with E-state index in [-0.39, 0.29) is 0 Å². The van der Waals surface area contributed by atoms with Gasteiger partial charge in [0.15, 0.2) is 7.41 Å². The van der Waals surface area contributed by atoms with Crippen molar-refractivity contribution >= 4 is 23.3 Å². The van der Waals surface area contributed by atoms with Crippen molar-refractivity contribution in [2.45, 2.75) is 44.1 Å². The number of benzene rings is 3. The summed E-state index contributed by atoms with van der Waals surface area (Å²) < 4.78 is 0. The van der Waals surface area contributed by atoms with Gasteiger partial charge in [0, 0.05) is 0 Å². The molecular formula is C28H31NP+. The van der Waals surface area contributed by atoms with Crippen LogP contribution in [0.25, 0.3) is 0 Å². The van der Waals surface area contributed by atoms with Gasteiger partial charge in [0.2, 0.25) is 0 Å². The fourth-order valence-electron chi connectivity index (χ4n) is 7.20. The minimum absolute atomic E-state index is 0.296. The monoisotopic (exact) mass is 412 g/mol. The molecule has 0 aliphatic heterocycles. The highest BCUT2D eigenvalue weighted by Crippen LogP contribution is 2.61. The molecule has 3 aromatic carbocycles. The molecule has 0 radical (unpaired) electrons. The summed E-state index contributed by atoms with van der Waals surface area (Å²) in [5.74, 6) is 2.81. The molecule has 0 amide bonds. The summed E-state index contributed by atoms with van der Waals surface area (Å²) in [6, 6.07) is 33.9. The SMILES string of the molecule is c1ccc([P+](NC23CC4CC(CC(C4)C2)C3)(c2ccccc2)c2ccccc2)cc1. The molecular weight excluding hydrogens is 381 g/mol. The fourth-order valence-corrected chi connectivity index (χ4v) is 11.3. The number of rotatable bonds is 5. The summed E-state index contributed by atoms with van der Waals surface area (Å²) >= 11 is 0. The summed E-state index contributed by atoms with van der Waals surface area (Å²) in [5, 5.41) is 8.90. The second kappa shape index (κ2) is 7.33. The molecule has 4 bridgehead atoms. The molecule has 0 spiro atoms. The van der Waals surface area contributed by atoms with Crippen LogP contribution in [0.3, 0.4) is 0 Å². The Morgan fingerprint density at radius 2 is 0.867 bits per heavy atom. The van der Waals surface area contributed by atoms with Crippen molar-refractivity contribution in [2.75, 3.05) is 0 Å². The molecule has 2 heteroatoms. The number of hydrogen-bond donors (Lipinski definition) is 1. The van der Waals surface area contributed by atoms with Crippen molar-refractivity contribution in [1.29, 1.82) is 0 Å². The third-order valence-corrected chi connectivity index (χ3v) is 11.9. The third kappa shape index (κ3) is 3.06. The van der Waals surface area contributed by atoms with Crippen molar-refractivity contribution in [3.63, 3.8) is 0 Å². The second-order valence-corrected chi connectivity index (χ2v) is 13.1. The highest BCUT2D eigenvalue weighted by atomic mass is 31.2. The first-order chi connectivity index (χ1) is 14.8. The lowest BCUT2D eigenvalue weighted by Crippen LogP contribution is -2.61. The quantitative estimate of drug-likeness (QED) is 0.549. The van der Waals surface area contributed by atoms with Crippen LogP contribution < -0.4 is 21.0 Å². The van der Waals surface area contributed by atoms with Crippen LogP contribution in [0, 0.1) is 17.8 Å². The van der Waals surface area contributed by atoms with Crippen LogP contribution >= 0.6 is 7.41 Å². The minimum Gasteiger partial charge on any atom is -0.172 e. The Morgan fingerprint density at radius 1 is 0.533 bits per heavy atom. The van der Waals surface area contributed by atoms with Gasteiger partial charge in [-0.25, -0.2) is 0 Å². The Morgan fingerprint density at radius 3 is 1.20 bits per heavy atom. The molecule has 4 aliphatic carbocycles. The van der Waals surface area contributed by atoms with Gasteiger partial charge in [-0.3, -0.25) is 0 Å². The van der Waals surface area contributed by atoms with E-state index < -0.39 is 7.41 Å². The van der Waals surface area contributed by atoms with Crippen molar-refractivity contribution in [3.05, 3.63) is 91.0 Å². The normalized spacial score (nSPS) is 29.8. The van der Waals surface area contributed by atoms with Gasteiger partial charge in [0.05, 0.1) is 5.54 Å². The lowest BCUT2D eigenvalue weighted by atomic mass is 9.53. The zero-order chi connectivity index (χ0) is 20.0. The molecule has 4 fully saturated rings. The molecule has 7 rings (SSSR count). The zero-order valence-corrected chi connectivity index (χ0v) is 18.5. The molecule has 1 nitrogen and oxygen atoms in total. The molecule has 30 heavy (non-hydrogen) atoms. The van der Waals surface area contributed by atoms with Crippen LogP contribution in [0.1, 0.15) is 38.5 Å². The molecule has 4 aliphatic rings. The number of nitrogens with one attached hydrogen (secondary N) is 1.